The van der Waals surface area contributed by atoms with E-state index < -0.39 is 11.8 Å². The van der Waals surface area contributed by atoms with Crippen molar-refractivity contribution in [2.24, 2.45) is 0 Å². The highest BCUT2D eigenvalue weighted by atomic mass is 35.5. The third-order valence-corrected chi connectivity index (χ3v) is 4.63. The minimum absolute atomic E-state index is 0.254. The van der Waals surface area contributed by atoms with Crippen molar-refractivity contribution >= 4 is 57.8 Å². The number of nitrogens with one attached hydrogen (secondary N) is 1. The van der Waals surface area contributed by atoms with E-state index in [2.05, 4.69) is 10.4 Å². The largest absolute Gasteiger partial charge is 0.285 e. The van der Waals surface area contributed by atoms with Gasteiger partial charge in [-0.05, 0) is 54.7 Å². The van der Waals surface area contributed by atoms with Crippen LogP contribution >= 0.6 is 35.6 Å². The average molecular weight is 376 g/mol. The van der Waals surface area contributed by atoms with Crippen molar-refractivity contribution in [1.29, 1.82) is 0 Å². The van der Waals surface area contributed by atoms with Crippen molar-refractivity contribution in [1.82, 2.24) is 15.4 Å². The van der Waals surface area contributed by atoms with Gasteiger partial charge in [0, 0.05) is 16.8 Å². The Labute approximate surface area is 152 Å². The van der Waals surface area contributed by atoms with Gasteiger partial charge in [0.05, 0.1) is 10.6 Å². The fourth-order valence-corrected chi connectivity index (χ4v) is 3.22. The number of hydrogen-bond donors (Lipinski definition) is 1. The van der Waals surface area contributed by atoms with Crippen LogP contribution in [-0.4, -0.2) is 26.1 Å². The molecule has 1 saturated heterocycles. The smallest absolute Gasteiger partial charge is 0.267 e. The number of rotatable bonds is 3. The summed E-state index contributed by atoms with van der Waals surface area (Å²) in [5.41, 5.74) is 3.53. The maximum absolute atomic E-state index is 12.4. The quantitative estimate of drug-likeness (QED) is 0.659. The number of thioether (sulfide) groups is 1. The highest BCUT2D eigenvalue weighted by Gasteiger charge is 2.33. The summed E-state index contributed by atoms with van der Waals surface area (Å²) in [5.74, 6) is -0.833. The second kappa shape index (κ2) is 7.12. The first-order valence-electron chi connectivity index (χ1n) is 6.80. The van der Waals surface area contributed by atoms with E-state index in [0.717, 1.165) is 16.8 Å². The number of carbonyl (C=O) groups is 2. The summed E-state index contributed by atoms with van der Waals surface area (Å²) in [6, 6.07) is 11.7. The molecule has 1 aromatic heterocycles. The van der Waals surface area contributed by atoms with Gasteiger partial charge in [0.25, 0.3) is 11.8 Å². The number of nitrogens with zero attached hydrogens (tertiary/aromatic N) is 2. The first kappa shape index (κ1) is 16.6. The van der Waals surface area contributed by atoms with Gasteiger partial charge in [-0.25, -0.2) is 0 Å². The van der Waals surface area contributed by atoms with Crippen LogP contribution in [0.4, 0.5) is 0 Å². The fraction of sp³-hybridized carbons (Fsp3) is 0. The number of amides is 2. The number of pyridine rings is 1. The Hall–Kier alpha value is -2.22. The van der Waals surface area contributed by atoms with Crippen LogP contribution in [0.2, 0.25) is 5.02 Å². The molecular weight excluding hydrogens is 366 g/mol. The number of thiocarbonyl (C=S) groups is 1. The fourth-order valence-electron chi connectivity index (χ4n) is 1.93. The van der Waals surface area contributed by atoms with E-state index in [1.165, 1.54) is 0 Å². The molecule has 0 aliphatic carbocycles. The van der Waals surface area contributed by atoms with Gasteiger partial charge in [-0.1, -0.05) is 29.4 Å². The van der Waals surface area contributed by atoms with Gasteiger partial charge >= 0.3 is 0 Å². The molecule has 1 N–H and O–H groups in total. The lowest BCUT2D eigenvalue weighted by atomic mass is 10.2. The molecular formula is C16H10ClN3O2S2. The zero-order valence-electron chi connectivity index (χ0n) is 12.1. The van der Waals surface area contributed by atoms with Gasteiger partial charge in [0.15, 0.2) is 4.32 Å². The Morgan fingerprint density at radius 1 is 1.25 bits per heavy atom. The van der Waals surface area contributed by atoms with E-state index in [0.29, 0.717) is 21.2 Å². The van der Waals surface area contributed by atoms with E-state index >= 15 is 0 Å². The standard InChI is InChI=1S/C16H10ClN3O2S2/c17-11-6-4-10(5-7-11)14(21)19-20-15(22)13(24-16(20)23)9-12-3-1-2-8-18-12/h1-9H,(H,19,21)/b13-9-. The van der Waals surface area contributed by atoms with Crippen LogP contribution < -0.4 is 5.43 Å². The SMILES string of the molecule is O=C(NN1C(=O)/C(=C/c2ccccn2)SC1=S)c1ccc(Cl)cc1. The molecule has 1 aromatic carbocycles. The summed E-state index contributed by atoms with van der Waals surface area (Å²) in [5, 5.41) is 1.58. The van der Waals surface area contributed by atoms with Crippen molar-refractivity contribution < 1.29 is 9.59 Å². The highest BCUT2D eigenvalue weighted by molar-refractivity contribution is 8.26. The van der Waals surface area contributed by atoms with Crippen LogP contribution in [0.3, 0.4) is 0 Å². The molecule has 0 saturated carbocycles. The first-order valence-corrected chi connectivity index (χ1v) is 8.40. The molecule has 0 spiro atoms. The Balaban J connectivity index is 1.76. The monoisotopic (exact) mass is 375 g/mol. The number of hydrogen-bond acceptors (Lipinski definition) is 5. The summed E-state index contributed by atoms with van der Waals surface area (Å²) in [4.78, 5) is 29.2. The zero-order chi connectivity index (χ0) is 17.1. The van der Waals surface area contributed by atoms with Gasteiger partial charge < -0.3 is 0 Å². The Morgan fingerprint density at radius 2 is 2.00 bits per heavy atom. The Bertz CT molecular complexity index is 838. The lowest BCUT2D eigenvalue weighted by Crippen LogP contribution is -2.44. The van der Waals surface area contributed by atoms with Gasteiger partial charge in [-0.15, -0.1) is 0 Å². The molecule has 1 aliphatic heterocycles. The van der Waals surface area contributed by atoms with Crippen molar-refractivity contribution in [3.63, 3.8) is 0 Å². The second-order valence-electron chi connectivity index (χ2n) is 4.72. The molecule has 120 valence electrons. The Morgan fingerprint density at radius 3 is 2.67 bits per heavy atom. The molecule has 0 radical (unpaired) electrons. The molecule has 3 rings (SSSR count). The van der Waals surface area contributed by atoms with E-state index in [4.69, 9.17) is 23.8 Å². The van der Waals surface area contributed by atoms with Gasteiger partial charge in [0.1, 0.15) is 0 Å². The number of aromatic nitrogens is 1. The normalized spacial score (nSPS) is 15.9. The number of carbonyl (C=O) groups excluding carboxylic acids is 2. The van der Waals surface area contributed by atoms with Crippen molar-refractivity contribution in [2.45, 2.75) is 0 Å². The van der Waals surface area contributed by atoms with Crippen LogP contribution in [-0.2, 0) is 4.79 Å². The summed E-state index contributed by atoms with van der Waals surface area (Å²) < 4.78 is 0.254. The van der Waals surface area contributed by atoms with E-state index in [-0.39, 0.29) is 4.32 Å². The number of benzene rings is 1. The predicted octanol–water partition coefficient (Wildman–Crippen LogP) is 3.28. The molecule has 0 bridgehead atoms. The predicted molar refractivity (Wildman–Crippen MR) is 98.2 cm³/mol. The van der Waals surface area contributed by atoms with Gasteiger partial charge in [0.2, 0.25) is 0 Å². The molecule has 0 atom stereocenters. The Kier molecular flexibility index (Phi) is 4.94. The molecule has 5 nitrogen and oxygen atoms in total. The summed E-state index contributed by atoms with van der Waals surface area (Å²) in [6.07, 6.45) is 3.27. The molecule has 1 fully saturated rings. The van der Waals surface area contributed by atoms with E-state index in [1.54, 1.807) is 48.7 Å². The van der Waals surface area contributed by atoms with Crippen molar-refractivity contribution in [3.05, 3.63) is 69.8 Å². The van der Waals surface area contributed by atoms with Gasteiger partial charge in [-0.3, -0.25) is 20.0 Å². The van der Waals surface area contributed by atoms with E-state index in [1.807, 2.05) is 6.07 Å². The lowest BCUT2D eigenvalue weighted by Gasteiger charge is -2.15. The molecule has 0 unspecified atom stereocenters. The van der Waals surface area contributed by atoms with Crippen LogP contribution in [0, 0.1) is 0 Å². The third kappa shape index (κ3) is 3.64. The molecule has 2 aromatic rings. The molecule has 1 aliphatic rings. The highest BCUT2D eigenvalue weighted by Crippen LogP contribution is 2.31. The lowest BCUT2D eigenvalue weighted by molar-refractivity contribution is -0.123. The third-order valence-electron chi connectivity index (χ3n) is 3.08. The maximum Gasteiger partial charge on any atom is 0.285 e. The molecule has 2 heterocycles. The number of hydrazine groups is 1. The van der Waals surface area contributed by atoms with Crippen LogP contribution in [0.25, 0.3) is 6.08 Å². The number of halogens is 1. The van der Waals surface area contributed by atoms with E-state index in [9.17, 15) is 9.59 Å². The second-order valence-corrected chi connectivity index (χ2v) is 6.83. The first-order chi connectivity index (χ1) is 11.5. The topological polar surface area (TPSA) is 62.3 Å². The zero-order valence-corrected chi connectivity index (χ0v) is 14.5. The minimum atomic E-state index is -0.443. The molecule has 24 heavy (non-hydrogen) atoms. The molecule has 8 heteroatoms. The maximum atomic E-state index is 12.4. The molecule has 2 amide bonds. The minimum Gasteiger partial charge on any atom is -0.267 e. The van der Waals surface area contributed by atoms with Gasteiger partial charge in [-0.2, -0.15) is 5.01 Å². The summed E-state index contributed by atoms with van der Waals surface area (Å²) in [7, 11) is 0. The summed E-state index contributed by atoms with van der Waals surface area (Å²) in [6.45, 7) is 0. The van der Waals surface area contributed by atoms with Crippen molar-refractivity contribution in [3.8, 4) is 0 Å². The van der Waals surface area contributed by atoms with Crippen molar-refractivity contribution in [2.75, 3.05) is 0 Å². The van der Waals surface area contributed by atoms with Crippen LogP contribution in [0.5, 0.6) is 0 Å². The summed E-state index contributed by atoms with van der Waals surface area (Å²) >= 11 is 12.1. The van der Waals surface area contributed by atoms with Crippen LogP contribution in [0.15, 0.2) is 53.6 Å². The average Bonchev–Trinajstić information content (AvgIpc) is 2.84. The van der Waals surface area contributed by atoms with Crippen LogP contribution in [0.1, 0.15) is 16.1 Å².